The molecule has 3 amide bonds. The molecule has 0 aliphatic carbocycles. The predicted molar refractivity (Wildman–Crippen MR) is 174 cm³/mol. The molecule has 48 heavy (non-hydrogen) atoms. The van der Waals surface area contributed by atoms with E-state index in [1.54, 1.807) is 0 Å². The van der Waals surface area contributed by atoms with Crippen LogP contribution in [0.5, 0.6) is 23.0 Å². The zero-order valence-electron chi connectivity index (χ0n) is 26.2. The molecule has 2 aliphatic heterocycles. The Balaban J connectivity index is 1.40. The van der Waals surface area contributed by atoms with Crippen molar-refractivity contribution in [1.82, 2.24) is 20.4 Å². The molecule has 1 saturated heterocycles. The summed E-state index contributed by atoms with van der Waals surface area (Å²) in [7, 11) is 0. The quantitative estimate of drug-likeness (QED) is 0.0763. The summed E-state index contributed by atoms with van der Waals surface area (Å²) in [6.07, 6.45) is 0.575. The maximum absolute atomic E-state index is 12.8. The maximum Gasteiger partial charge on any atom is 0.352 e. The first kappa shape index (κ1) is 36.6. The van der Waals surface area contributed by atoms with Gasteiger partial charge in [-0.05, 0) is 62.6 Å². The summed E-state index contributed by atoms with van der Waals surface area (Å²) in [5.41, 5.74) is 0.440. The van der Waals surface area contributed by atoms with Gasteiger partial charge in [-0.15, -0.1) is 0 Å². The SMILES string of the molecule is C[C@@H](O)[C@H]1C(=O)N2C(C(=O)O)=C(CN(CCCCNC(=O)c3ccc(O)c(O)c3Cl)CCCNC(=O)c3ccc(O)c(O)c3Cl)[C@H](C)[C@H]12. The van der Waals surface area contributed by atoms with Gasteiger partial charge >= 0.3 is 5.97 Å². The van der Waals surface area contributed by atoms with E-state index < -0.39 is 64.8 Å². The number of nitrogens with zero attached hydrogens (tertiary/aromatic N) is 2. The lowest BCUT2D eigenvalue weighted by atomic mass is 9.77. The molecule has 0 bridgehead atoms. The summed E-state index contributed by atoms with van der Waals surface area (Å²) in [6, 6.07) is 4.41. The second-order valence-corrected chi connectivity index (χ2v) is 12.6. The molecule has 8 N–H and O–H groups in total. The standard InChI is InChI=1S/C32H38Cl2N4O10/c1-15-19(26(32(47)48)38-25(15)22(16(2)39)31(38)46)14-37(13-5-11-36-30(45)18-7-9-21(41)28(43)24(18)34)12-4-3-10-35-29(44)17-6-8-20(40)27(42)23(17)33/h6-9,15-16,22,25,39-43H,3-5,10-14H2,1-2H3,(H,35,44)(H,36,45)(H,47,48)/t15-,16+,22+,25+/m0/s1. The molecule has 1 fully saturated rings. The molecule has 14 nitrogen and oxygen atoms in total. The highest BCUT2D eigenvalue weighted by Crippen LogP contribution is 2.47. The van der Waals surface area contributed by atoms with Gasteiger partial charge in [-0.1, -0.05) is 30.1 Å². The first-order valence-electron chi connectivity index (χ1n) is 15.3. The first-order valence-corrected chi connectivity index (χ1v) is 16.1. The van der Waals surface area contributed by atoms with Crippen LogP contribution in [0, 0.1) is 11.8 Å². The third-order valence-electron chi connectivity index (χ3n) is 8.71. The van der Waals surface area contributed by atoms with Crippen LogP contribution in [0.4, 0.5) is 0 Å². The molecule has 2 aromatic carbocycles. The number of nitrogens with one attached hydrogen (secondary N) is 2. The van der Waals surface area contributed by atoms with Crippen molar-refractivity contribution < 1.29 is 49.8 Å². The largest absolute Gasteiger partial charge is 0.504 e. The summed E-state index contributed by atoms with van der Waals surface area (Å²) < 4.78 is 0. The number of carbonyl (C=O) groups is 4. The van der Waals surface area contributed by atoms with Gasteiger partial charge in [0.05, 0.1) is 39.2 Å². The Bertz CT molecular complexity index is 1630. The Labute approximate surface area is 286 Å². The van der Waals surface area contributed by atoms with Crippen LogP contribution in [0.25, 0.3) is 0 Å². The van der Waals surface area contributed by atoms with Crippen LogP contribution < -0.4 is 10.6 Å². The number of unbranched alkanes of at least 4 members (excludes halogenated alkanes) is 1. The smallest absolute Gasteiger partial charge is 0.352 e. The number of carboxylic acid groups (broad SMARTS) is 1. The summed E-state index contributed by atoms with van der Waals surface area (Å²) in [5, 5.41) is 63.9. The molecule has 0 spiro atoms. The van der Waals surface area contributed by atoms with Gasteiger partial charge in [0.15, 0.2) is 23.0 Å². The number of halogens is 2. The number of fused-ring (bicyclic) bond motifs is 1. The molecule has 2 heterocycles. The average molecular weight is 710 g/mol. The number of aliphatic hydroxyl groups excluding tert-OH is 1. The topological polar surface area (TPSA) is 220 Å². The minimum Gasteiger partial charge on any atom is -0.504 e. The van der Waals surface area contributed by atoms with E-state index in [1.165, 1.54) is 24.0 Å². The van der Waals surface area contributed by atoms with Crippen molar-refractivity contribution >= 4 is 46.9 Å². The van der Waals surface area contributed by atoms with E-state index in [1.807, 2.05) is 11.8 Å². The number of benzene rings is 2. The van der Waals surface area contributed by atoms with E-state index in [0.717, 1.165) is 12.1 Å². The second-order valence-electron chi connectivity index (χ2n) is 11.9. The molecule has 260 valence electrons. The van der Waals surface area contributed by atoms with Crippen LogP contribution >= 0.6 is 23.2 Å². The first-order chi connectivity index (χ1) is 22.7. The molecule has 4 rings (SSSR count). The zero-order chi connectivity index (χ0) is 35.4. The zero-order valence-corrected chi connectivity index (χ0v) is 27.8. The van der Waals surface area contributed by atoms with Gasteiger partial charge in [-0.25, -0.2) is 4.79 Å². The fraction of sp³-hybridized carbons (Fsp3) is 0.438. The Kier molecular flexibility index (Phi) is 11.7. The van der Waals surface area contributed by atoms with Crippen molar-refractivity contribution in [2.24, 2.45) is 11.8 Å². The van der Waals surface area contributed by atoms with Crippen molar-refractivity contribution in [3.63, 3.8) is 0 Å². The van der Waals surface area contributed by atoms with Crippen molar-refractivity contribution in [3.8, 4) is 23.0 Å². The molecule has 0 saturated carbocycles. The number of amides is 3. The van der Waals surface area contributed by atoms with E-state index in [0.29, 0.717) is 37.9 Å². The number of β-lactam (4-membered cyclic amide) rings is 1. The van der Waals surface area contributed by atoms with Gasteiger partial charge < -0.3 is 46.2 Å². The number of aromatic hydroxyl groups is 4. The van der Waals surface area contributed by atoms with Gasteiger partial charge in [-0.2, -0.15) is 0 Å². The van der Waals surface area contributed by atoms with Crippen LogP contribution in [0.2, 0.25) is 10.0 Å². The van der Waals surface area contributed by atoms with Gasteiger partial charge in [0.25, 0.3) is 11.8 Å². The van der Waals surface area contributed by atoms with Crippen molar-refractivity contribution in [2.45, 2.75) is 45.3 Å². The highest BCUT2D eigenvalue weighted by Gasteiger charge is 2.59. The minimum atomic E-state index is -1.24. The lowest BCUT2D eigenvalue weighted by molar-refractivity contribution is -0.163. The lowest BCUT2D eigenvalue weighted by Gasteiger charge is -2.46. The van der Waals surface area contributed by atoms with E-state index in [9.17, 15) is 49.8 Å². The maximum atomic E-state index is 12.8. The molecular weight excluding hydrogens is 671 g/mol. The number of hydrogen-bond donors (Lipinski definition) is 8. The van der Waals surface area contributed by atoms with Crippen LogP contribution in [0.1, 0.15) is 53.8 Å². The number of carboxylic acids is 1. The van der Waals surface area contributed by atoms with Gasteiger partial charge in [0.1, 0.15) is 5.70 Å². The van der Waals surface area contributed by atoms with Crippen LogP contribution in [-0.2, 0) is 9.59 Å². The number of hydrogen-bond acceptors (Lipinski definition) is 10. The number of carbonyl (C=O) groups excluding carboxylic acids is 3. The summed E-state index contributed by atoms with van der Waals surface area (Å²) in [6.45, 7) is 4.87. The number of rotatable bonds is 15. The fourth-order valence-corrected chi connectivity index (χ4v) is 6.67. The molecule has 16 heteroatoms. The summed E-state index contributed by atoms with van der Waals surface area (Å²) >= 11 is 12.0. The molecular formula is C32H38Cl2N4O10. The normalized spacial score (nSPS) is 19.2. The Morgan fingerprint density at radius 2 is 1.38 bits per heavy atom. The van der Waals surface area contributed by atoms with E-state index in [2.05, 4.69) is 10.6 Å². The molecule has 0 unspecified atom stereocenters. The lowest BCUT2D eigenvalue weighted by Crippen LogP contribution is -2.63. The number of phenols is 4. The third-order valence-corrected chi connectivity index (χ3v) is 9.48. The van der Waals surface area contributed by atoms with Crippen molar-refractivity contribution in [1.29, 1.82) is 0 Å². The van der Waals surface area contributed by atoms with Crippen molar-refractivity contribution in [3.05, 3.63) is 56.7 Å². The Hall–Kier alpha value is -4.24. The van der Waals surface area contributed by atoms with Crippen LogP contribution in [-0.4, -0.2) is 109 Å². The van der Waals surface area contributed by atoms with Crippen LogP contribution in [0.15, 0.2) is 35.5 Å². The number of phenolic OH excluding ortho intramolecular Hbond substituents is 4. The highest BCUT2D eigenvalue weighted by atomic mass is 35.5. The minimum absolute atomic E-state index is 0.00233. The molecule has 0 radical (unpaired) electrons. The highest BCUT2D eigenvalue weighted by molar-refractivity contribution is 6.36. The van der Waals surface area contributed by atoms with Gasteiger partial charge in [0.2, 0.25) is 5.91 Å². The van der Waals surface area contributed by atoms with Gasteiger partial charge in [0, 0.05) is 32.1 Å². The van der Waals surface area contributed by atoms with E-state index >= 15 is 0 Å². The Morgan fingerprint density at radius 1 is 0.875 bits per heavy atom. The monoisotopic (exact) mass is 708 g/mol. The predicted octanol–water partition coefficient (Wildman–Crippen LogP) is 2.64. The number of aliphatic carboxylic acids is 1. The van der Waals surface area contributed by atoms with Crippen molar-refractivity contribution in [2.75, 3.05) is 32.7 Å². The molecule has 0 aromatic heterocycles. The van der Waals surface area contributed by atoms with Gasteiger partial charge in [-0.3, -0.25) is 19.3 Å². The van der Waals surface area contributed by atoms with E-state index in [-0.39, 0.29) is 52.4 Å². The fourth-order valence-electron chi connectivity index (χ4n) is 6.18. The summed E-state index contributed by atoms with van der Waals surface area (Å²) in [5.74, 6) is -5.91. The third kappa shape index (κ3) is 7.41. The second kappa shape index (κ2) is 15.3. The Morgan fingerprint density at radius 3 is 1.88 bits per heavy atom. The van der Waals surface area contributed by atoms with Crippen LogP contribution in [0.3, 0.4) is 0 Å². The molecule has 2 aliphatic rings. The van der Waals surface area contributed by atoms with E-state index in [4.69, 9.17) is 23.2 Å². The molecule has 4 atom stereocenters. The molecule has 2 aromatic rings. The average Bonchev–Trinajstić information content (AvgIpc) is 3.27. The summed E-state index contributed by atoms with van der Waals surface area (Å²) in [4.78, 5) is 53.6. The number of aliphatic hydroxyl groups is 1.